The van der Waals surface area contributed by atoms with E-state index in [2.05, 4.69) is 17.1 Å². The Bertz CT molecular complexity index is 307. The molecule has 0 spiro atoms. The summed E-state index contributed by atoms with van der Waals surface area (Å²) in [6.07, 6.45) is 1.81. The third-order valence-electron chi connectivity index (χ3n) is 1.73. The highest BCUT2D eigenvalue weighted by Gasteiger charge is 1.93. The fraction of sp³-hybridized carbons (Fsp3) is 0. The molecule has 0 saturated heterocycles. The first kappa shape index (κ1) is 9.75. The Balaban J connectivity index is 0.000000845. The van der Waals surface area contributed by atoms with Crippen LogP contribution in [0.15, 0.2) is 54.7 Å². The molecule has 0 N–H and O–H groups in total. The van der Waals surface area contributed by atoms with Crippen molar-refractivity contribution >= 4 is 12.4 Å². The molecule has 2 rings (SSSR count). The van der Waals surface area contributed by atoms with E-state index >= 15 is 0 Å². The average Bonchev–Trinajstić information content (AvgIpc) is 2.21. The highest BCUT2D eigenvalue weighted by Crippen LogP contribution is 2.14. The zero-order valence-electron chi connectivity index (χ0n) is 7.05. The van der Waals surface area contributed by atoms with Gasteiger partial charge in [0.05, 0.1) is 5.69 Å². The van der Waals surface area contributed by atoms with Crippen LogP contribution < -0.4 is 0 Å². The molecular formula is C11H10ClN. The van der Waals surface area contributed by atoms with E-state index in [0.717, 1.165) is 11.3 Å². The molecule has 2 heteroatoms. The summed E-state index contributed by atoms with van der Waals surface area (Å²) in [5.74, 6) is 0. The van der Waals surface area contributed by atoms with Gasteiger partial charge in [-0.25, -0.2) is 0 Å². The predicted octanol–water partition coefficient (Wildman–Crippen LogP) is 3.17. The quantitative estimate of drug-likeness (QED) is 0.675. The molecule has 0 aliphatic carbocycles. The summed E-state index contributed by atoms with van der Waals surface area (Å²) in [6, 6.07) is 16.1. The minimum Gasteiger partial charge on any atom is -0.256 e. The van der Waals surface area contributed by atoms with Gasteiger partial charge in [-0.05, 0) is 12.1 Å². The zero-order chi connectivity index (χ0) is 8.23. The van der Waals surface area contributed by atoms with E-state index in [4.69, 9.17) is 0 Å². The Morgan fingerprint density at radius 2 is 1.46 bits per heavy atom. The molecule has 1 nitrogen and oxygen atoms in total. The summed E-state index contributed by atoms with van der Waals surface area (Å²) < 4.78 is 0. The largest absolute Gasteiger partial charge is 0.256 e. The van der Waals surface area contributed by atoms with Crippen molar-refractivity contribution < 1.29 is 0 Å². The van der Waals surface area contributed by atoms with Crippen LogP contribution >= 0.6 is 12.4 Å². The maximum atomic E-state index is 4.25. The summed E-state index contributed by atoms with van der Waals surface area (Å²) >= 11 is 0. The predicted molar refractivity (Wildman–Crippen MR) is 56.9 cm³/mol. The highest BCUT2D eigenvalue weighted by molar-refractivity contribution is 5.85. The Morgan fingerprint density at radius 3 is 2.08 bits per heavy atom. The van der Waals surface area contributed by atoms with Crippen molar-refractivity contribution in [2.24, 2.45) is 0 Å². The first-order valence-electron chi connectivity index (χ1n) is 3.93. The van der Waals surface area contributed by atoms with E-state index in [0.29, 0.717) is 0 Å². The summed E-state index contributed by atoms with van der Waals surface area (Å²) in [7, 11) is 0. The van der Waals surface area contributed by atoms with Crippen molar-refractivity contribution in [1.29, 1.82) is 0 Å². The first-order chi connectivity index (χ1) is 5.97. The van der Waals surface area contributed by atoms with Crippen LogP contribution in [0.1, 0.15) is 0 Å². The maximum Gasteiger partial charge on any atom is 0.0701 e. The average molecular weight is 192 g/mol. The van der Waals surface area contributed by atoms with Crippen LogP contribution in [0.5, 0.6) is 0 Å². The molecule has 0 radical (unpaired) electrons. The second kappa shape index (κ2) is 4.63. The number of benzene rings is 1. The zero-order valence-corrected chi connectivity index (χ0v) is 7.87. The van der Waals surface area contributed by atoms with Gasteiger partial charge in [-0.15, -0.1) is 12.4 Å². The second-order valence-corrected chi connectivity index (χ2v) is 2.58. The second-order valence-electron chi connectivity index (χ2n) is 2.58. The molecule has 0 unspecified atom stereocenters. The molecule has 0 fully saturated rings. The molecule has 13 heavy (non-hydrogen) atoms. The van der Waals surface area contributed by atoms with E-state index in [1.165, 1.54) is 0 Å². The topological polar surface area (TPSA) is 12.9 Å². The van der Waals surface area contributed by atoms with Gasteiger partial charge in [-0.3, -0.25) is 4.98 Å². The lowest BCUT2D eigenvalue weighted by molar-refractivity contribution is 1.33. The molecule has 0 amide bonds. The molecule has 2 aromatic rings. The van der Waals surface area contributed by atoms with Crippen molar-refractivity contribution in [3.63, 3.8) is 0 Å². The van der Waals surface area contributed by atoms with Gasteiger partial charge in [0.15, 0.2) is 0 Å². The molecule has 66 valence electrons. The Hall–Kier alpha value is -1.34. The van der Waals surface area contributed by atoms with Gasteiger partial charge in [0.1, 0.15) is 0 Å². The fourth-order valence-corrected chi connectivity index (χ4v) is 1.14. The van der Waals surface area contributed by atoms with Crippen LogP contribution in [-0.2, 0) is 0 Å². The van der Waals surface area contributed by atoms with Crippen LogP contribution in [0, 0.1) is 0 Å². The van der Waals surface area contributed by atoms with E-state index in [9.17, 15) is 0 Å². The van der Waals surface area contributed by atoms with Gasteiger partial charge < -0.3 is 0 Å². The van der Waals surface area contributed by atoms with Crippen molar-refractivity contribution in [2.75, 3.05) is 0 Å². The van der Waals surface area contributed by atoms with Crippen molar-refractivity contribution in [2.45, 2.75) is 0 Å². The highest BCUT2D eigenvalue weighted by atomic mass is 35.5. The third kappa shape index (κ3) is 2.30. The Morgan fingerprint density at radius 1 is 0.769 bits per heavy atom. The van der Waals surface area contributed by atoms with Gasteiger partial charge in [0.2, 0.25) is 0 Å². The van der Waals surface area contributed by atoms with Gasteiger partial charge in [0, 0.05) is 11.8 Å². The number of pyridine rings is 1. The smallest absolute Gasteiger partial charge is 0.0701 e. The molecule has 0 aliphatic rings. The molecule has 1 aromatic carbocycles. The maximum absolute atomic E-state index is 4.25. The van der Waals surface area contributed by atoms with Crippen LogP contribution in [0.2, 0.25) is 0 Å². The lowest BCUT2D eigenvalue weighted by Crippen LogP contribution is -1.79. The summed E-state index contributed by atoms with van der Waals surface area (Å²) in [6.45, 7) is 0. The van der Waals surface area contributed by atoms with Crippen molar-refractivity contribution in [3.05, 3.63) is 54.7 Å². The number of hydrogen-bond donors (Lipinski definition) is 0. The van der Waals surface area contributed by atoms with Crippen LogP contribution in [0.4, 0.5) is 0 Å². The lowest BCUT2D eigenvalue weighted by atomic mass is 10.1. The molecule has 0 bridgehead atoms. The Labute approximate surface area is 83.9 Å². The minimum absolute atomic E-state index is 0. The summed E-state index contributed by atoms with van der Waals surface area (Å²) in [5.41, 5.74) is 2.19. The van der Waals surface area contributed by atoms with Gasteiger partial charge in [-0.2, -0.15) is 0 Å². The van der Waals surface area contributed by atoms with Gasteiger partial charge in [-0.1, -0.05) is 36.4 Å². The molecule has 1 aromatic heterocycles. The monoisotopic (exact) mass is 191 g/mol. The number of halogens is 1. The lowest BCUT2D eigenvalue weighted by Gasteiger charge is -1.97. The molecular weight excluding hydrogens is 182 g/mol. The normalized spacial score (nSPS) is 8.92. The van der Waals surface area contributed by atoms with E-state index in [1.54, 1.807) is 0 Å². The van der Waals surface area contributed by atoms with Crippen LogP contribution in [0.25, 0.3) is 11.3 Å². The fourth-order valence-electron chi connectivity index (χ4n) is 1.14. The van der Waals surface area contributed by atoms with Crippen molar-refractivity contribution in [1.82, 2.24) is 4.98 Å². The van der Waals surface area contributed by atoms with Crippen molar-refractivity contribution in [3.8, 4) is 11.3 Å². The molecule has 0 atom stereocenters. The standard InChI is InChI=1S/C11H9N.ClH/c1-2-6-10(7-3-1)11-8-4-5-9-12-11;/h1-9H;1H. The summed E-state index contributed by atoms with van der Waals surface area (Å²) in [5, 5.41) is 0. The Kier molecular flexibility index (Phi) is 3.47. The van der Waals surface area contributed by atoms with Crippen LogP contribution in [0.3, 0.4) is 0 Å². The van der Waals surface area contributed by atoms with Gasteiger partial charge >= 0.3 is 0 Å². The van der Waals surface area contributed by atoms with E-state index in [1.807, 2.05) is 42.6 Å². The number of nitrogens with zero attached hydrogens (tertiary/aromatic N) is 1. The first-order valence-corrected chi connectivity index (χ1v) is 3.93. The molecule has 0 aliphatic heterocycles. The number of hydrogen-bond acceptors (Lipinski definition) is 1. The summed E-state index contributed by atoms with van der Waals surface area (Å²) in [4.78, 5) is 4.25. The van der Waals surface area contributed by atoms with E-state index < -0.39 is 0 Å². The van der Waals surface area contributed by atoms with E-state index in [-0.39, 0.29) is 12.4 Å². The number of rotatable bonds is 1. The number of aromatic nitrogens is 1. The van der Waals surface area contributed by atoms with Crippen LogP contribution in [-0.4, -0.2) is 4.98 Å². The molecule has 1 heterocycles. The van der Waals surface area contributed by atoms with Gasteiger partial charge in [0.25, 0.3) is 0 Å². The minimum atomic E-state index is 0. The third-order valence-corrected chi connectivity index (χ3v) is 1.73. The molecule has 0 saturated carbocycles. The SMILES string of the molecule is Cl.c1ccc(-c2ccccn2)cc1.